The van der Waals surface area contributed by atoms with Crippen molar-refractivity contribution in [2.24, 2.45) is 0 Å². The van der Waals surface area contributed by atoms with Gasteiger partial charge in [0.1, 0.15) is 13.4 Å². The molecule has 0 aromatic carbocycles. The van der Waals surface area contributed by atoms with E-state index in [2.05, 4.69) is 6.58 Å². The van der Waals surface area contributed by atoms with E-state index in [0.29, 0.717) is 13.2 Å². The topological polar surface area (TPSA) is 38.7 Å². The van der Waals surface area contributed by atoms with Gasteiger partial charge in [0.05, 0.1) is 12.9 Å². The summed E-state index contributed by atoms with van der Waals surface area (Å²) >= 11 is 0. The van der Waals surface area contributed by atoms with Gasteiger partial charge in [0.25, 0.3) is 0 Å². The maximum absolute atomic E-state index is 8.32. The summed E-state index contributed by atoms with van der Waals surface area (Å²) in [5, 5.41) is 8.32. The Hall–Kier alpha value is -0.800. The zero-order valence-electron chi connectivity index (χ0n) is 7.67. The van der Waals surface area contributed by atoms with Gasteiger partial charge in [-0.1, -0.05) is 6.58 Å². The molecule has 0 rings (SSSR count). The number of hydrogen-bond acceptors (Lipinski definition) is 3. The van der Waals surface area contributed by atoms with Crippen molar-refractivity contribution < 1.29 is 14.6 Å². The summed E-state index contributed by atoms with van der Waals surface area (Å²) in [7, 11) is 0. The van der Waals surface area contributed by atoms with Crippen LogP contribution in [0.3, 0.4) is 0 Å². The smallest absolute Gasteiger partial charge is 0.143 e. The molecule has 0 amide bonds. The van der Waals surface area contributed by atoms with E-state index in [0.717, 1.165) is 11.1 Å². The normalized spacial score (nSPS) is 11.4. The summed E-state index contributed by atoms with van der Waals surface area (Å²) in [6.45, 7) is 8.12. The number of aliphatic hydroxyl groups excluding tert-OH is 1. The zero-order chi connectivity index (χ0) is 9.40. The average Bonchev–Trinajstić information content (AvgIpc) is 2.00. The van der Waals surface area contributed by atoms with Crippen molar-refractivity contribution in [2.75, 3.05) is 20.0 Å². The highest BCUT2D eigenvalue weighted by atomic mass is 16.6. The van der Waals surface area contributed by atoms with Gasteiger partial charge in [0.2, 0.25) is 0 Å². The quantitative estimate of drug-likeness (QED) is 0.374. The summed E-state index contributed by atoms with van der Waals surface area (Å²) in [6, 6.07) is 0. The van der Waals surface area contributed by atoms with E-state index < -0.39 is 0 Å². The maximum Gasteiger partial charge on any atom is 0.143 e. The van der Waals surface area contributed by atoms with E-state index in [9.17, 15) is 0 Å². The number of rotatable bonds is 6. The molecule has 70 valence electrons. The first-order chi connectivity index (χ1) is 5.66. The molecule has 0 bridgehead atoms. The molecule has 0 aromatic heterocycles. The van der Waals surface area contributed by atoms with E-state index in [-0.39, 0.29) is 6.79 Å². The van der Waals surface area contributed by atoms with Crippen molar-refractivity contribution in [3.8, 4) is 0 Å². The monoisotopic (exact) mass is 172 g/mol. The third kappa shape index (κ3) is 7.31. The van der Waals surface area contributed by atoms with Gasteiger partial charge in [-0.05, 0) is 25.0 Å². The molecule has 3 nitrogen and oxygen atoms in total. The molecule has 0 radical (unpaired) electrons. The van der Waals surface area contributed by atoms with Gasteiger partial charge in [-0.25, -0.2) is 0 Å². The van der Waals surface area contributed by atoms with Gasteiger partial charge in [0.15, 0.2) is 0 Å². The van der Waals surface area contributed by atoms with Gasteiger partial charge in [-0.15, -0.1) is 0 Å². The van der Waals surface area contributed by atoms with Crippen molar-refractivity contribution in [1.82, 2.24) is 0 Å². The first kappa shape index (κ1) is 11.2. The van der Waals surface area contributed by atoms with Crippen LogP contribution >= 0.6 is 0 Å². The van der Waals surface area contributed by atoms with E-state index in [1.165, 1.54) is 0 Å². The highest BCUT2D eigenvalue weighted by Gasteiger charge is 1.89. The van der Waals surface area contributed by atoms with E-state index in [1.54, 1.807) is 6.26 Å². The average molecular weight is 172 g/mol. The Morgan fingerprint density at radius 2 is 2.08 bits per heavy atom. The lowest BCUT2D eigenvalue weighted by molar-refractivity contribution is 0.00926. The van der Waals surface area contributed by atoms with Crippen LogP contribution in [-0.2, 0) is 9.47 Å². The van der Waals surface area contributed by atoms with Crippen molar-refractivity contribution in [2.45, 2.75) is 13.8 Å². The van der Waals surface area contributed by atoms with Crippen LogP contribution in [0.5, 0.6) is 0 Å². The Balaban J connectivity index is 3.47. The van der Waals surface area contributed by atoms with Crippen LogP contribution in [0.25, 0.3) is 0 Å². The van der Waals surface area contributed by atoms with Crippen LogP contribution in [-0.4, -0.2) is 25.1 Å². The van der Waals surface area contributed by atoms with Crippen LogP contribution in [0.4, 0.5) is 0 Å². The summed E-state index contributed by atoms with van der Waals surface area (Å²) in [5.41, 5.74) is 1.91. The van der Waals surface area contributed by atoms with Crippen LogP contribution < -0.4 is 0 Å². The number of ether oxygens (including phenoxy) is 2. The lowest BCUT2D eigenvalue weighted by Crippen LogP contribution is -1.97. The first-order valence-electron chi connectivity index (χ1n) is 3.77. The molecule has 0 aromatic rings. The molecule has 0 unspecified atom stereocenters. The lowest BCUT2D eigenvalue weighted by Gasteiger charge is -2.02. The fourth-order valence-corrected chi connectivity index (χ4v) is 0.567. The molecular formula is C9H16O3. The van der Waals surface area contributed by atoms with Gasteiger partial charge in [-0.2, -0.15) is 0 Å². The second-order valence-electron chi connectivity index (χ2n) is 2.71. The van der Waals surface area contributed by atoms with Crippen molar-refractivity contribution >= 4 is 0 Å². The first-order valence-corrected chi connectivity index (χ1v) is 3.77. The van der Waals surface area contributed by atoms with Crippen LogP contribution in [0.2, 0.25) is 0 Å². The second kappa shape index (κ2) is 6.88. The minimum Gasteiger partial charge on any atom is -0.497 e. The van der Waals surface area contributed by atoms with Crippen LogP contribution in [0.15, 0.2) is 24.0 Å². The summed E-state index contributed by atoms with van der Waals surface area (Å²) in [5.74, 6) is 0. The molecule has 0 heterocycles. The standard InChI is InChI=1S/C9H16O3/c1-8(2)4-11-5-9(3)6-12-7-10/h5,10H,1,4,6-7H2,2-3H3/b9-5+. The summed E-state index contributed by atoms with van der Waals surface area (Å²) < 4.78 is 9.87. The molecule has 0 fully saturated rings. The highest BCUT2D eigenvalue weighted by molar-refractivity contribution is 4.95. The van der Waals surface area contributed by atoms with Crippen molar-refractivity contribution in [3.05, 3.63) is 24.0 Å². The predicted octanol–water partition coefficient (Wildman–Crippen LogP) is 1.45. The number of aliphatic hydroxyl groups is 1. The summed E-state index contributed by atoms with van der Waals surface area (Å²) in [4.78, 5) is 0. The van der Waals surface area contributed by atoms with Crippen molar-refractivity contribution in [1.29, 1.82) is 0 Å². The Bertz CT molecular complexity index is 161. The maximum atomic E-state index is 8.32. The SMILES string of the molecule is C=C(C)CO/C=C(\C)COCO. The molecule has 0 aliphatic heterocycles. The van der Waals surface area contributed by atoms with Crippen LogP contribution in [0.1, 0.15) is 13.8 Å². The van der Waals surface area contributed by atoms with Gasteiger partial charge in [0, 0.05) is 0 Å². The Kier molecular flexibility index (Phi) is 6.42. The third-order valence-corrected chi connectivity index (χ3v) is 1.04. The summed E-state index contributed by atoms with van der Waals surface area (Å²) in [6.07, 6.45) is 1.62. The Morgan fingerprint density at radius 1 is 1.42 bits per heavy atom. The fraction of sp³-hybridized carbons (Fsp3) is 0.556. The molecular weight excluding hydrogens is 156 g/mol. The molecule has 3 heteroatoms. The van der Waals surface area contributed by atoms with E-state index in [4.69, 9.17) is 14.6 Å². The van der Waals surface area contributed by atoms with Crippen LogP contribution in [0, 0.1) is 0 Å². The lowest BCUT2D eigenvalue weighted by atomic mass is 10.3. The Labute approximate surface area is 73.3 Å². The van der Waals surface area contributed by atoms with E-state index >= 15 is 0 Å². The minimum absolute atomic E-state index is 0.258. The largest absolute Gasteiger partial charge is 0.497 e. The minimum atomic E-state index is -0.258. The van der Waals surface area contributed by atoms with Crippen molar-refractivity contribution in [3.63, 3.8) is 0 Å². The van der Waals surface area contributed by atoms with E-state index in [1.807, 2.05) is 13.8 Å². The zero-order valence-corrected chi connectivity index (χ0v) is 7.67. The van der Waals surface area contributed by atoms with Gasteiger partial charge >= 0.3 is 0 Å². The molecule has 0 spiro atoms. The van der Waals surface area contributed by atoms with Gasteiger partial charge in [-0.3, -0.25) is 0 Å². The second-order valence-corrected chi connectivity index (χ2v) is 2.71. The number of hydrogen-bond donors (Lipinski definition) is 1. The Morgan fingerprint density at radius 3 is 2.58 bits per heavy atom. The molecule has 0 aliphatic rings. The fourth-order valence-electron chi connectivity index (χ4n) is 0.567. The third-order valence-electron chi connectivity index (χ3n) is 1.04. The molecule has 0 saturated carbocycles. The highest BCUT2D eigenvalue weighted by Crippen LogP contribution is 1.96. The molecule has 0 aliphatic carbocycles. The predicted molar refractivity (Wildman–Crippen MR) is 47.6 cm³/mol. The molecule has 0 atom stereocenters. The molecule has 12 heavy (non-hydrogen) atoms. The molecule has 1 N–H and O–H groups in total. The van der Waals surface area contributed by atoms with Gasteiger partial charge < -0.3 is 14.6 Å². The molecule has 0 saturated heterocycles.